The van der Waals surface area contributed by atoms with E-state index in [9.17, 15) is 4.79 Å². The molecular formula is C19H24N2O. The van der Waals surface area contributed by atoms with Crippen molar-refractivity contribution in [3.8, 4) is 0 Å². The van der Waals surface area contributed by atoms with Gasteiger partial charge in [0.05, 0.1) is 0 Å². The normalized spacial score (nSPS) is 11.1. The van der Waals surface area contributed by atoms with E-state index in [1.54, 1.807) is 0 Å². The Hall–Kier alpha value is -2.29. The summed E-state index contributed by atoms with van der Waals surface area (Å²) in [4.78, 5) is 14.3. The summed E-state index contributed by atoms with van der Waals surface area (Å²) in [5, 5.41) is 2.97. The summed E-state index contributed by atoms with van der Waals surface area (Å²) in [5.41, 5.74) is 3.83. The molecule has 0 spiro atoms. The third-order valence-corrected chi connectivity index (χ3v) is 3.63. The summed E-state index contributed by atoms with van der Waals surface area (Å²) >= 11 is 0. The lowest BCUT2D eigenvalue weighted by molar-refractivity contribution is 0.102. The van der Waals surface area contributed by atoms with Gasteiger partial charge in [-0.2, -0.15) is 0 Å². The van der Waals surface area contributed by atoms with Gasteiger partial charge >= 0.3 is 0 Å². The number of amides is 1. The van der Waals surface area contributed by atoms with E-state index in [4.69, 9.17) is 0 Å². The van der Waals surface area contributed by atoms with Crippen LogP contribution in [0.1, 0.15) is 36.7 Å². The number of rotatable bonds is 3. The molecule has 0 saturated carbocycles. The Kier molecular flexibility index (Phi) is 4.55. The van der Waals surface area contributed by atoms with E-state index in [-0.39, 0.29) is 11.3 Å². The minimum absolute atomic E-state index is 0.0636. The molecule has 0 fully saturated rings. The number of carbonyl (C=O) groups is 1. The van der Waals surface area contributed by atoms with E-state index in [0.717, 1.165) is 11.4 Å². The molecule has 1 N–H and O–H groups in total. The zero-order chi connectivity index (χ0) is 16.3. The lowest BCUT2D eigenvalue weighted by Crippen LogP contribution is -2.15. The third-order valence-electron chi connectivity index (χ3n) is 3.63. The molecule has 0 atom stereocenters. The first-order chi connectivity index (χ1) is 10.3. The van der Waals surface area contributed by atoms with Gasteiger partial charge in [0, 0.05) is 31.0 Å². The Bertz CT molecular complexity index is 652. The molecule has 3 nitrogen and oxygen atoms in total. The van der Waals surface area contributed by atoms with Crippen LogP contribution in [0, 0.1) is 0 Å². The first-order valence-corrected chi connectivity index (χ1v) is 7.46. The SMILES string of the molecule is CN(C)c1ccc(C(=O)Nc2cccc(C(C)(C)C)c2)cc1. The smallest absolute Gasteiger partial charge is 0.255 e. The van der Waals surface area contributed by atoms with Crippen LogP contribution in [0.2, 0.25) is 0 Å². The lowest BCUT2D eigenvalue weighted by Gasteiger charge is -2.20. The van der Waals surface area contributed by atoms with Crippen molar-refractivity contribution in [3.63, 3.8) is 0 Å². The molecule has 0 unspecified atom stereocenters. The second-order valence-corrected chi connectivity index (χ2v) is 6.73. The summed E-state index contributed by atoms with van der Waals surface area (Å²) in [7, 11) is 3.96. The standard InChI is InChI=1S/C19H24N2O/c1-19(2,3)15-7-6-8-16(13-15)20-18(22)14-9-11-17(12-10-14)21(4)5/h6-13H,1-5H3,(H,20,22). The maximum atomic E-state index is 12.3. The topological polar surface area (TPSA) is 32.3 Å². The summed E-state index contributed by atoms with van der Waals surface area (Å²) in [6, 6.07) is 15.6. The van der Waals surface area contributed by atoms with Crippen LogP contribution < -0.4 is 10.2 Å². The van der Waals surface area contributed by atoms with Crippen LogP contribution in [0.5, 0.6) is 0 Å². The molecule has 0 aliphatic carbocycles. The summed E-state index contributed by atoms with van der Waals surface area (Å²) in [6.45, 7) is 6.48. The van der Waals surface area contributed by atoms with Gasteiger partial charge in [-0.05, 0) is 47.4 Å². The lowest BCUT2D eigenvalue weighted by atomic mass is 9.87. The number of anilines is 2. The first kappa shape index (κ1) is 16.1. The highest BCUT2D eigenvalue weighted by Crippen LogP contribution is 2.25. The van der Waals surface area contributed by atoms with Crippen molar-refractivity contribution in [3.05, 3.63) is 59.7 Å². The minimum atomic E-state index is -0.0867. The molecule has 2 rings (SSSR count). The molecule has 2 aromatic carbocycles. The summed E-state index contributed by atoms with van der Waals surface area (Å²) < 4.78 is 0. The number of hydrogen-bond donors (Lipinski definition) is 1. The molecular weight excluding hydrogens is 272 g/mol. The molecule has 0 radical (unpaired) electrons. The Morgan fingerprint density at radius 1 is 1.00 bits per heavy atom. The van der Waals surface area contributed by atoms with Crippen LogP contribution in [0.3, 0.4) is 0 Å². The number of nitrogens with zero attached hydrogens (tertiary/aromatic N) is 1. The third kappa shape index (κ3) is 3.88. The number of nitrogens with one attached hydrogen (secondary N) is 1. The van der Waals surface area contributed by atoms with E-state index in [1.807, 2.05) is 61.5 Å². The Labute approximate surface area is 133 Å². The predicted molar refractivity (Wildman–Crippen MR) is 93.9 cm³/mol. The van der Waals surface area contributed by atoms with Crippen molar-refractivity contribution in [1.29, 1.82) is 0 Å². The van der Waals surface area contributed by atoms with Crippen molar-refractivity contribution < 1.29 is 4.79 Å². The van der Waals surface area contributed by atoms with Crippen molar-refractivity contribution in [1.82, 2.24) is 0 Å². The number of hydrogen-bond acceptors (Lipinski definition) is 2. The Morgan fingerprint density at radius 2 is 1.64 bits per heavy atom. The zero-order valence-corrected chi connectivity index (χ0v) is 14.0. The molecule has 1 amide bonds. The highest BCUT2D eigenvalue weighted by molar-refractivity contribution is 6.04. The maximum absolute atomic E-state index is 12.3. The van der Waals surface area contributed by atoms with Crippen LogP contribution in [0.4, 0.5) is 11.4 Å². The van der Waals surface area contributed by atoms with Gasteiger partial charge in [-0.25, -0.2) is 0 Å². The average Bonchev–Trinajstić information content (AvgIpc) is 2.46. The largest absolute Gasteiger partial charge is 0.378 e. The Balaban J connectivity index is 2.15. The van der Waals surface area contributed by atoms with Crippen LogP contribution >= 0.6 is 0 Å². The average molecular weight is 296 g/mol. The van der Waals surface area contributed by atoms with Crippen LogP contribution in [-0.2, 0) is 5.41 Å². The molecule has 22 heavy (non-hydrogen) atoms. The van der Waals surface area contributed by atoms with Gasteiger partial charge < -0.3 is 10.2 Å². The highest BCUT2D eigenvalue weighted by atomic mass is 16.1. The van der Waals surface area contributed by atoms with Crippen LogP contribution in [0.15, 0.2) is 48.5 Å². The molecule has 2 aromatic rings. The maximum Gasteiger partial charge on any atom is 0.255 e. The fourth-order valence-corrected chi connectivity index (χ4v) is 2.18. The Morgan fingerprint density at radius 3 is 2.18 bits per heavy atom. The quantitative estimate of drug-likeness (QED) is 0.915. The number of carbonyl (C=O) groups excluding carboxylic acids is 1. The van der Waals surface area contributed by atoms with Gasteiger partial charge in [-0.1, -0.05) is 32.9 Å². The highest BCUT2D eigenvalue weighted by Gasteiger charge is 2.14. The fourth-order valence-electron chi connectivity index (χ4n) is 2.18. The van der Waals surface area contributed by atoms with E-state index in [2.05, 4.69) is 32.2 Å². The van der Waals surface area contributed by atoms with E-state index >= 15 is 0 Å². The van der Waals surface area contributed by atoms with E-state index in [0.29, 0.717) is 5.56 Å². The van der Waals surface area contributed by atoms with Crippen molar-refractivity contribution in [2.24, 2.45) is 0 Å². The summed E-state index contributed by atoms with van der Waals surface area (Å²) in [5.74, 6) is -0.0867. The van der Waals surface area contributed by atoms with E-state index < -0.39 is 0 Å². The van der Waals surface area contributed by atoms with Crippen molar-refractivity contribution >= 4 is 17.3 Å². The minimum Gasteiger partial charge on any atom is -0.378 e. The zero-order valence-electron chi connectivity index (χ0n) is 14.0. The van der Waals surface area contributed by atoms with Gasteiger partial charge in [-0.15, -0.1) is 0 Å². The molecule has 0 heterocycles. The molecule has 0 aromatic heterocycles. The van der Waals surface area contributed by atoms with Gasteiger partial charge in [0.25, 0.3) is 5.91 Å². The first-order valence-electron chi connectivity index (χ1n) is 7.46. The van der Waals surface area contributed by atoms with Gasteiger partial charge in [0.15, 0.2) is 0 Å². The second kappa shape index (κ2) is 6.22. The van der Waals surface area contributed by atoms with Gasteiger partial charge in [0.2, 0.25) is 0 Å². The summed E-state index contributed by atoms with van der Waals surface area (Å²) in [6.07, 6.45) is 0. The molecule has 0 saturated heterocycles. The second-order valence-electron chi connectivity index (χ2n) is 6.73. The van der Waals surface area contributed by atoms with Gasteiger partial charge in [0.1, 0.15) is 0 Å². The molecule has 3 heteroatoms. The predicted octanol–water partition coefficient (Wildman–Crippen LogP) is 4.30. The molecule has 0 aliphatic heterocycles. The molecule has 0 aliphatic rings. The van der Waals surface area contributed by atoms with Gasteiger partial charge in [-0.3, -0.25) is 4.79 Å². The van der Waals surface area contributed by atoms with Crippen molar-refractivity contribution in [2.45, 2.75) is 26.2 Å². The fraction of sp³-hybridized carbons (Fsp3) is 0.316. The van der Waals surface area contributed by atoms with E-state index in [1.165, 1.54) is 5.56 Å². The molecule has 0 bridgehead atoms. The number of benzene rings is 2. The van der Waals surface area contributed by atoms with Crippen molar-refractivity contribution in [2.75, 3.05) is 24.3 Å². The molecule has 116 valence electrons. The monoisotopic (exact) mass is 296 g/mol. The van der Waals surface area contributed by atoms with Crippen LogP contribution in [-0.4, -0.2) is 20.0 Å². The van der Waals surface area contributed by atoms with Crippen LogP contribution in [0.25, 0.3) is 0 Å².